The van der Waals surface area contributed by atoms with Crippen LogP contribution in [0.5, 0.6) is 0 Å². The largest absolute Gasteiger partial charge is 0.337 e. The molecule has 1 fully saturated rings. The van der Waals surface area contributed by atoms with E-state index < -0.39 is 0 Å². The summed E-state index contributed by atoms with van der Waals surface area (Å²) in [7, 11) is 0. The second-order valence-electron chi connectivity index (χ2n) is 5.84. The molecule has 0 aliphatic carbocycles. The first-order chi connectivity index (χ1) is 9.61. The Morgan fingerprint density at radius 3 is 2.70 bits per heavy atom. The Balaban J connectivity index is 1.95. The molecule has 0 bridgehead atoms. The van der Waals surface area contributed by atoms with Crippen molar-refractivity contribution in [3.05, 3.63) is 35.4 Å². The lowest BCUT2D eigenvalue weighted by atomic mass is 9.95. The molecule has 1 aromatic rings. The van der Waals surface area contributed by atoms with Gasteiger partial charge in [-0.15, -0.1) is 0 Å². The van der Waals surface area contributed by atoms with Crippen molar-refractivity contribution in [2.75, 3.05) is 19.6 Å². The van der Waals surface area contributed by atoms with Crippen LogP contribution < -0.4 is 5.32 Å². The number of hydrogen-bond acceptors (Lipinski definition) is 2. The highest BCUT2D eigenvalue weighted by Crippen LogP contribution is 2.21. The molecular weight excluding hydrogens is 248 g/mol. The smallest absolute Gasteiger partial charge is 0.223 e. The Labute approximate surface area is 122 Å². The minimum absolute atomic E-state index is 0.283. The molecule has 1 N–H and O–H groups in total. The number of benzene rings is 1. The molecule has 0 spiro atoms. The van der Waals surface area contributed by atoms with Crippen molar-refractivity contribution in [3.63, 3.8) is 0 Å². The van der Waals surface area contributed by atoms with Gasteiger partial charge in [0.15, 0.2) is 0 Å². The summed E-state index contributed by atoms with van der Waals surface area (Å²) in [6.07, 6.45) is 1.67. The summed E-state index contributed by atoms with van der Waals surface area (Å²) in [5, 5.41) is 3.32. The molecule has 0 saturated carbocycles. The van der Waals surface area contributed by atoms with Crippen molar-refractivity contribution in [3.8, 4) is 0 Å². The number of carbonyl (C=O) groups excluding carboxylic acids is 1. The monoisotopic (exact) mass is 274 g/mol. The Bertz CT molecular complexity index is 441. The Kier molecular flexibility index (Phi) is 5.18. The van der Waals surface area contributed by atoms with Crippen LogP contribution >= 0.6 is 0 Å². The molecule has 2 atom stereocenters. The highest BCUT2D eigenvalue weighted by Gasteiger charge is 2.24. The standard InChI is InChI=1S/C17H26N2O/c1-4-15-5-7-16(8-6-15)13(2)11-17(20)19-10-9-18-12-14(19)3/h5-8,13-14,18H,4,9-12H2,1-3H3/t13?,14-/m0/s1. The fourth-order valence-electron chi connectivity index (χ4n) is 2.79. The minimum Gasteiger partial charge on any atom is -0.337 e. The number of piperazine rings is 1. The number of carbonyl (C=O) groups is 1. The summed E-state index contributed by atoms with van der Waals surface area (Å²) in [6, 6.07) is 8.98. The lowest BCUT2D eigenvalue weighted by molar-refractivity contribution is -0.134. The lowest BCUT2D eigenvalue weighted by Gasteiger charge is -2.34. The first-order valence-corrected chi connectivity index (χ1v) is 7.70. The summed E-state index contributed by atoms with van der Waals surface area (Å²) in [4.78, 5) is 14.4. The third-order valence-electron chi connectivity index (χ3n) is 4.26. The number of hydrogen-bond donors (Lipinski definition) is 1. The van der Waals surface area contributed by atoms with Crippen LogP contribution in [0, 0.1) is 0 Å². The van der Waals surface area contributed by atoms with Gasteiger partial charge in [-0.2, -0.15) is 0 Å². The van der Waals surface area contributed by atoms with E-state index in [2.05, 4.69) is 50.4 Å². The van der Waals surface area contributed by atoms with Crippen LogP contribution in [0.4, 0.5) is 0 Å². The quantitative estimate of drug-likeness (QED) is 0.915. The third-order valence-corrected chi connectivity index (χ3v) is 4.26. The van der Waals surface area contributed by atoms with Gasteiger partial charge in [0, 0.05) is 32.1 Å². The van der Waals surface area contributed by atoms with E-state index in [0.717, 1.165) is 26.1 Å². The van der Waals surface area contributed by atoms with Crippen LogP contribution in [-0.2, 0) is 11.2 Å². The van der Waals surface area contributed by atoms with Gasteiger partial charge < -0.3 is 10.2 Å². The summed E-state index contributed by atoms with van der Waals surface area (Å²) in [5.41, 5.74) is 2.61. The van der Waals surface area contributed by atoms with E-state index in [1.54, 1.807) is 0 Å². The van der Waals surface area contributed by atoms with Crippen molar-refractivity contribution < 1.29 is 4.79 Å². The molecule has 20 heavy (non-hydrogen) atoms. The third kappa shape index (κ3) is 3.60. The predicted octanol–water partition coefficient (Wildman–Crippen LogP) is 2.56. The van der Waals surface area contributed by atoms with Crippen LogP contribution in [0.25, 0.3) is 0 Å². The maximum atomic E-state index is 12.4. The van der Waals surface area contributed by atoms with E-state index >= 15 is 0 Å². The maximum Gasteiger partial charge on any atom is 0.223 e. The molecule has 3 heteroatoms. The van der Waals surface area contributed by atoms with E-state index in [4.69, 9.17) is 0 Å². The Morgan fingerprint density at radius 2 is 2.10 bits per heavy atom. The summed E-state index contributed by atoms with van der Waals surface area (Å²) in [6.45, 7) is 9.08. The summed E-state index contributed by atoms with van der Waals surface area (Å²) in [5.74, 6) is 0.571. The van der Waals surface area contributed by atoms with Crippen LogP contribution in [0.1, 0.15) is 44.2 Å². The molecule has 0 aromatic heterocycles. The van der Waals surface area contributed by atoms with E-state index in [-0.39, 0.29) is 11.8 Å². The molecule has 1 heterocycles. The fraction of sp³-hybridized carbons (Fsp3) is 0.588. The number of nitrogens with one attached hydrogen (secondary N) is 1. The molecule has 0 radical (unpaired) electrons. The zero-order chi connectivity index (χ0) is 14.5. The second kappa shape index (κ2) is 6.89. The SMILES string of the molecule is CCc1ccc(C(C)CC(=O)N2CCNC[C@@H]2C)cc1. The minimum atomic E-state index is 0.283. The normalized spacial score (nSPS) is 20.8. The molecule has 1 aliphatic rings. The second-order valence-corrected chi connectivity index (χ2v) is 5.84. The van der Waals surface area contributed by atoms with E-state index in [1.807, 2.05) is 4.90 Å². The summed E-state index contributed by atoms with van der Waals surface area (Å²) < 4.78 is 0. The number of nitrogens with zero attached hydrogens (tertiary/aromatic N) is 1. The highest BCUT2D eigenvalue weighted by atomic mass is 16.2. The Hall–Kier alpha value is -1.35. The van der Waals surface area contributed by atoms with Crippen molar-refractivity contribution >= 4 is 5.91 Å². The first-order valence-electron chi connectivity index (χ1n) is 7.70. The molecule has 110 valence electrons. The highest BCUT2D eigenvalue weighted by molar-refractivity contribution is 5.77. The van der Waals surface area contributed by atoms with Gasteiger partial charge in [-0.1, -0.05) is 38.1 Å². The van der Waals surface area contributed by atoms with Crippen molar-refractivity contribution in [2.45, 2.75) is 45.6 Å². The molecule has 1 saturated heterocycles. The summed E-state index contributed by atoms with van der Waals surface area (Å²) >= 11 is 0. The molecule has 1 aliphatic heterocycles. The fourth-order valence-corrected chi connectivity index (χ4v) is 2.79. The average Bonchev–Trinajstić information content (AvgIpc) is 2.47. The van der Waals surface area contributed by atoms with Gasteiger partial charge in [-0.05, 0) is 30.4 Å². The number of aryl methyl sites for hydroxylation is 1. The van der Waals surface area contributed by atoms with Gasteiger partial charge in [-0.25, -0.2) is 0 Å². The van der Waals surface area contributed by atoms with Crippen LogP contribution in [0.3, 0.4) is 0 Å². The van der Waals surface area contributed by atoms with Crippen LogP contribution in [-0.4, -0.2) is 36.5 Å². The van der Waals surface area contributed by atoms with Crippen LogP contribution in [0.2, 0.25) is 0 Å². The van der Waals surface area contributed by atoms with Gasteiger partial charge in [0.2, 0.25) is 5.91 Å². The molecule has 1 unspecified atom stereocenters. The topological polar surface area (TPSA) is 32.3 Å². The van der Waals surface area contributed by atoms with Gasteiger partial charge in [0.05, 0.1) is 0 Å². The van der Waals surface area contributed by atoms with Gasteiger partial charge in [0.1, 0.15) is 0 Å². The van der Waals surface area contributed by atoms with Gasteiger partial charge in [0.25, 0.3) is 0 Å². The molecule has 3 nitrogen and oxygen atoms in total. The van der Waals surface area contributed by atoms with Crippen LogP contribution in [0.15, 0.2) is 24.3 Å². The Morgan fingerprint density at radius 1 is 1.40 bits per heavy atom. The van der Waals surface area contributed by atoms with Crippen molar-refractivity contribution in [1.82, 2.24) is 10.2 Å². The van der Waals surface area contributed by atoms with E-state index in [1.165, 1.54) is 11.1 Å². The van der Waals surface area contributed by atoms with Crippen molar-refractivity contribution in [2.24, 2.45) is 0 Å². The van der Waals surface area contributed by atoms with Gasteiger partial charge in [-0.3, -0.25) is 4.79 Å². The lowest BCUT2D eigenvalue weighted by Crippen LogP contribution is -2.52. The molecule has 2 rings (SSSR count). The van der Waals surface area contributed by atoms with E-state index in [9.17, 15) is 4.79 Å². The number of amides is 1. The first kappa shape index (κ1) is 15.0. The molecule has 1 aromatic carbocycles. The zero-order valence-corrected chi connectivity index (χ0v) is 12.9. The number of rotatable bonds is 4. The molecule has 1 amide bonds. The average molecular weight is 274 g/mol. The van der Waals surface area contributed by atoms with Gasteiger partial charge >= 0.3 is 0 Å². The zero-order valence-electron chi connectivity index (χ0n) is 12.9. The van der Waals surface area contributed by atoms with E-state index in [0.29, 0.717) is 12.5 Å². The van der Waals surface area contributed by atoms with Crippen molar-refractivity contribution in [1.29, 1.82) is 0 Å². The predicted molar refractivity (Wildman–Crippen MR) is 82.9 cm³/mol. The maximum absolute atomic E-state index is 12.4. The molecular formula is C17H26N2O.